The van der Waals surface area contributed by atoms with Crippen LogP contribution in [0.2, 0.25) is 0 Å². The van der Waals surface area contributed by atoms with E-state index in [2.05, 4.69) is 11.6 Å². The molecule has 0 amide bonds. The number of benzene rings is 1. The second kappa shape index (κ2) is 10.8. The van der Waals surface area contributed by atoms with Crippen LogP contribution in [-0.2, 0) is 35.4 Å². The lowest BCUT2D eigenvalue weighted by Crippen LogP contribution is -2.42. The predicted octanol–water partition coefficient (Wildman–Crippen LogP) is 4.09. The zero-order chi connectivity index (χ0) is 23.2. The monoisotopic (exact) mass is 469 g/mol. The van der Waals surface area contributed by atoms with Gasteiger partial charge in [-0.2, -0.15) is 0 Å². The van der Waals surface area contributed by atoms with Crippen LogP contribution in [0.4, 0.5) is 10.1 Å². The number of unbranched alkanes of at least 4 members (excludes halogenated alkanes) is 3. The average molecular weight is 470 g/mol. The fraction of sp³-hybridized carbons (Fsp3) is 0.609. The van der Waals surface area contributed by atoms with Crippen molar-refractivity contribution >= 4 is 21.7 Å². The molecule has 0 saturated carbocycles. The molecule has 7 nitrogen and oxygen atoms in total. The highest BCUT2D eigenvalue weighted by atomic mass is 32.2. The van der Waals surface area contributed by atoms with Gasteiger partial charge < -0.3 is 14.2 Å². The highest BCUT2D eigenvalue weighted by Gasteiger charge is 2.46. The highest BCUT2D eigenvalue weighted by Crippen LogP contribution is 2.38. The Morgan fingerprint density at radius 1 is 1.22 bits per heavy atom. The quantitative estimate of drug-likeness (QED) is 0.410. The molecule has 1 N–H and O–H groups in total. The summed E-state index contributed by atoms with van der Waals surface area (Å²) >= 11 is 0. The van der Waals surface area contributed by atoms with Crippen LogP contribution in [0.5, 0.6) is 0 Å². The summed E-state index contributed by atoms with van der Waals surface area (Å²) in [5, 5.41) is -1.13. The number of nitrogens with one attached hydrogen (secondary N) is 1. The molecule has 0 radical (unpaired) electrons. The largest absolute Gasteiger partial charge is 0.463 e. The van der Waals surface area contributed by atoms with Crippen LogP contribution in [0.25, 0.3) is 0 Å². The zero-order valence-corrected chi connectivity index (χ0v) is 19.5. The topological polar surface area (TPSA) is 90.9 Å². The van der Waals surface area contributed by atoms with Crippen molar-refractivity contribution < 1.29 is 31.8 Å². The minimum absolute atomic E-state index is 0.000826. The normalized spacial score (nSPS) is 20.2. The van der Waals surface area contributed by atoms with Crippen LogP contribution in [0, 0.1) is 5.82 Å². The first kappa shape index (κ1) is 24.7. The molecule has 1 aliphatic carbocycles. The summed E-state index contributed by atoms with van der Waals surface area (Å²) < 4.78 is 59.6. The summed E-state index contributed by atoms with van der Waals surface area (Å²) in [4.78, 5) is 12.6. The van der Waals surface area contributed by atoms with Gasteiger partial charge in [-0.3, -0.25) is 4.72 Å². The van der Waals surface area contributed by atoms with Gasteiger partial charge in [-0.05, 0) is 56.0 Å². The van der Waals surface area contributed by atoms with Gasteiger partial charge in [-0.1, -0.05) is 26.2 Å². The number of carbonyl (C=O) groups is 1. The summed E-state index contributed by atoms with van der Waals surface area (Å²) in [5.74, 6) is -2.21. The van der Waals surface area contributed by atoms with E-state index in [0.29, 0.717) is 37.3 Å². The zero-order valence-electron chi connectivity index (χ0n) is 18.7. The number of sulfonamides is 1. The molecule has 1 fully saturated rings. The molecular formula is C23H32FNO6S. The molecule has 178 valence electrons. The molecule has 1 heterocycles. The lowest BCUT2D eigenvalue weighted by Gasteiger charge is -2.33. The van der Waals surface area contributed by atoms with Crippen molar-refractivity contribution in [2.75, 3.05) is 24.5 Å². The second-order valence-corrected chi connectivity index (χ2v) is 9.98. The van der Waals surface area contributed by atoms with E-state index in [-0.39, 0.29) is 18.6 Å². The molecule has 1 spiro atoms. The summed E-state index contributed by atoms with van der Waals surface area (Å²) in [7, 11) is -4.02. The fourth-order valence-electron chi connectivity index (χ4n) is 4.15. The molecule has 0 aromatic heterocycles. The number of hydrogen-bond donors (Lipinski definition) is 1. The Labute approximate surface area is 189 Å². The highest BCUT2D eigenvalue weighted by molar-refractivity contribution is 7.93. The Balaban J connectivity index is 1.86. The van der Waals surface area contributed by atoms with E-state index in [1.54, 1.807) is 6.92 Å². The molecule has 9 heteroatoms. The van der Waals surface area contributed by atoms with E-state index in [9.17, 15) is 17.6 Å². The maximum Gasteiger partial charge on any atom is 0.335 e. The fourth-order valence-corrected chi connectivity index (χ4v) is 5.73. The number of hydrogen-bond acceptors (Lipinski definition) is 6. The summed E-state index contributed by atoms with van der Waals surface area (Å²) in [6.45, 7) is 4.63. The van der Waals surface area contributed by atoms with E-state index in [4.69, 9.17) is 14.2 Å². The van der Waals surface area contributed by atoms with Crippen molar-refractivity contribution in [2.24, 2.45) is 0 Å². The van der Waals surface area contributed by atoms with Crippen LogP contribution in [0.3, 0.4) is 0 Å². The van der Waals surface area contributed by atoms with E-state index < -0.39 is 32.8 Å². The number of esters is 1. The Hall–Kier alpha value is -1.97. The lowest BCUT2D eigenvalue weighted by atomic mass is 9.94. The third-order valence-electron chi connectivity index (χ3n) is 5.76. The number of rotatable bonds is 10. The first-order valence-electron chi connectivity index (χ1n) is 11.3. The van der Waals surface area contributed by atoms with Gasteiger partial charge in [0.15, 0.2) is 5.79 Å². The van der Waals surface area contributed by atoms with Crippen LogP contribution in [0.1, 0.15) is 57.9 Å². The predicted molar refractivity (Wildman–Crippen MR) is 119 cm³/mol. The third-order valence-corrected chi connectivity index (χ3v) is 7.50. The Bertz CT molecular complexity index is 940. The number of ether oxygens (including phenoxy) is 3. The minimum atomic E-state index is -4.02. The molecular weight excluding hydrogens is 437 g/mol. The van der Waals surface area contributed by atoms with Crippen LogP contribution in [0.15, 0.2) is 29.8 Å². The Kier molecular flexibility index (Phi) is 8.30. The molecule has 1 unspecified atom stereocenters. The van der Waals surface area contributed by atoms with Gasteiger partial charge in [0.05, 0.1) is 31.1 Å². The summed E-state index contributed by atoms with van der Waals surface area (Å²) in [6, 6.07) is 4.02. The smallest absolute Gasteiger partial charge is 0.335 e. The first-order valence-corrected chi connectivity index (χ1v) is 12.8. The lowest BCUT2D eigenvalue weighted by molar-refractivity contribution is -0.143. The van der Waals surface area contributed by atoms with Gasteiger partial charge in [0.2, 0.25) is 10.0 Å². The molecule has 32 heavy (non-hydrogen) atoms. The van der Waals surface area contributed by atoms with Gasteiger partial charge in [0.25, 0.3) is 0 Å². The van der Waals surface area contributed by atoms with E-state index >= 15 is 0 Å². The number of anilines is 1. The van der Waals surface area contributed by atoms with E-state index in [0.717, 1.165) is 25.7 Å². The van der Waals surface area contributed by atoms with Gasteiger partial charge in [-0.25, -0.2) is 17.6 Å². The Morgan fingerprint density at radius 2 is 1.97 bits per heavy atom. The van der Waals surface area contributed by atoms with E-state index in [1.807, 2.05) is 0 Å². The molecule has 3 rings (SSSR count). The maximum absolute atomic E-state index is 13.9. The number of carbonyl (C=O) groups excluding carboxylic acids is 1. The van der Waals surface area contributed by atoms with Gasteiger partial charge in [0.1, 0.15) is 11.1 Å². The SMILES string of the molecule is CCCCCCc1cc(F)ccc1NS(=O)(=O)C1CCC2(C=C1C(=O)OCC)OCCO2. The molecule has 1 atom stereocenters. The number of aryl methyl sites for hydroxylation is 1. The molecule has 1 saturated heterocycles. The number of halogens is 1. The van der Waals surface area contributed by atoms with Crippen molar-refractivity contribution in [1.82, 2.24) is 0 Å². The first-order chi connectivity index (χ1) is 15.3. The molecule has 1 aromatic carbocycles. The molecule has 1 aromatic rings. The summed E-state index contributed by atoms with van der Waals surface area (Å²) in [5.41, 5.74) is 0.931. The molecule has 0 bridgehead atoms. The second-order valence-electron chi connectivity index (χ2n) is 8.12. The van der Waals surface area contributed by atoms with E-state index in [1.165, 1.54) is 24.3 Å². The van der Waals surface area contributed by atoms with Gasteiger partial charge in [-0.15, -0.1) is 0 Å². The Morgan fingerprint density at radius 3 is 2.66 bits per heavy atom. The van der Waals surface area contributed by atoms with Crippen molar-refractivity contribution in [3.8, 4) is 0 Å². The summed E-state index contributed by atoms with van der Waals surface area (Å²) in [6.07, 6.45) is 6.40. The third kappa shape index (κ3) is 5.88. The minimum Gasteiger partial charge on any atom is -0.463 e. The molecule has 1 aliphatic heterocycles. The van der Waals surface area contributed by atoms with Crippen molar-refractivity contribution in [1.29, 1.82) is 0 Å². The van der Waals surface area contributed by atoms with Gasteiger partial charge in [0, 0.05) is 6.42 Å². The van der Waals surface area contributed by atoms with Crippen LogP contribution >= 0.6 is 0 Å². The van der Waals surface area contributed by atoms with Crippen LogP contribution in [-0.4, -0.2) is 45.2 Å². The van der Waals surface area contributed by atoms with Crippen LogP contribution < -0.4 is 4.72 Å². The average Bonchev–Trinajstić information content (AvgIpc) is 3.20. The molecule has 2 aliphatic rings. The standard InChI is InChI=1S/C23H32FNO6S/c1-3-5-6-7-8-17-15-18(24)9-10-20(17)25-32(27,28)21-11-12-23(30-13-14-31-23)16-19(21)22(26)29-4-2/h9-10,15-16,21,25H,3-8,11-14H2,1-2H3. The van der Waals surface area contributed by atoms with Crippen molar-refractivity contribution in [3.05, 3.63) is 41.2 Å². The van der Waals surface area contributed by atoms with Crippen molar-refractivity contribution in [2.45, 2.75) is 69.8 Å². The van der Waals surface area contributed by atoms with Crippen molar-refractivity contribution in [3.63, 3.8) is 0 Å². The maximum atomic E-state index is 13.9. The van der Waals surface area contributed by atoms with Gasteiger partial charge >= 0.3 is 5.97 Å².